The molecule has 1 saturated carbocycles. The third-order valence-electron chi connectivity index (χ3n) is 2.27. The molecule has 1 amide bonds. The van der Waals surface area contributed by atoms with Crippen LogP contribution in [0.15, 0.2) is 0 Å². The normalized spacial score (nSPS) is 17.5. The van der Waals surface area contributed by atoms with Gasteiger partial charge in [0, 0.05) is 6.04 Å². The fourth-order valence-electron chi connectivity index (χ4n) is 1.64. The summed E-state index contributed by atoms with van der Waals surface area (Å²) >= 11 is 0. The van der Waals surface area contributed by atoms with E-state index in [1.165, 1.54) is 0 Å². The van der Waals surface area contributed by atoms with E-state index in [1.807, 2.05) is 0 Å². The molecule has 0 bridgehead atoms. The highest BCUT2D eigenvalue weighted by atomic mass is 16.6. The maximum absolute atomic E-state index is 11.4. The molecule has 1 N–H and O–H groups in total. The summed E-state index contributed by atoms with van der Waals surface area (Å²) in [7, 11) is 0. The van der Waals surface area contributed by atoms with Gasteiger partial charge in [0.2, 0.25) is 0 Å². The lowest BCUT2D eigenvalue weighted by atomic mass is 10.2. The van der Waals surface area contributed by atoms with Gasteiger partial charge in [0.15, 0.2) is 0 Å². The van der Waals surface area contributed by atoms with Crippen molar-refractivity contribution in [3.8, 4) is 0 Å². The van der Waals surface area contributed by atoms with Crippen LogP contribution in [0.4, 0.5) is 0 Å². The van der Waals surface area contributed by atoms with Gasteiger partial charge in [-0.3, -0.25) is 4.79 Å². The van der Waals surface area contributed by atoms with Crippen LogP contribution < -0.4 is 5.32 Å². The van der Waals surface area contributed by atoms with E-state index < -0.39 is 17.5 Å². The lowest BCUT2D eigenvalue weighted by Crippen LogP contribution is -2.41. The van der Waals surface area contributed by atoms with E-state index in [-0.39, 0.29) is 6.04 Å². The van der Waals surface area contributed by atoms with Crippen LogP contribution >= 0.6 is 0 Å². The summed E-state index contributed by atoms with van der Waals surface area (Å²) < 4.78 is 4.96. The molecule has 1 aliphatic carbocycles. The van der Waals surface area contributed by atoms with E-state index in [4.69, 9.17) is 4.74 Å². The number of carbonyl (C=O) groups excluding carboxylic acids is 2. The number of rotatable bonds is 1. The molecular formula is C11H19NO3. The van der Waals surface area contributed by atoms with Gasteiger partial charge in [-0.2, -0.15) is 0 Å². The maximum atomic E-state index is 11.4. The molecule has 0 unspecified atom stereocenters. The van der Waals surface area contributed by atoms with Crippen LogP contribution in [0.2, 0.25) is 0 Å². The standard InChI is InChI=1S/C11H19NO3/c1-11(2,3)15-10(14)9(13)12-8-6-4-5-7-8/h8H,4-7H2,1-3H3,(H,12,13). The minimum absolute atomic E-state index is 0.157. The summed E-state index contributed by atoms with van der Waals surface area (Å²) in [6, 6.07) is 0.157. The van der Waals surface area contributed by atoms with Gasteiger partial charge in [-0.1, -0.05) is 12.8 Å². The van der Waals surface area contributed by atoms with E-state index >= 15 is 0 Å². The van der Waals surface area contributed by atoms with Gasteiger partial charge in [0.1, 0.15) is 5.60 Å². The number of esters is 1. The van der Waals surface area contributed by atoms with Crippen LogP contribution in [0.1, 0.15) is 46.5 Å². The van der Waals surface area contributed by atoms with Gasteiger partial charge in [0.05, 0.1) is 0 Å². The lowest BCUT2D eigenvalue weighted by molar-refractivity contribution is -0.163. The van der Waals surface area contributed by atoms with E-state index in [0.717, 1.165) is 25.7 Å². The smallest absolute Gasteiger partial charge is 0.397 e. The SMILES string of the molecule is CC(C)(C)OC(=O)C(=O)NC1CCCC1. The van der Waals surface area contributed by atoms with Gasteiger partial charge >= 0.3 is 11.9 Å². The number of hydrogen-bond acceptors (Lipinski definition) is 3. The molecule has 0 aromatic heterocycles. The Morgan fingerprint density at radius 3 is 2.20 bits per heavy atom. The van der Waals surface area contributed by atoms with Crippen molar-refractivity contribution < 1.29 is 14.3 Å². The molecule has 0 saturated heterocycles. The quantitative estimate of drug-likeness (QED) is 0.529. The van der Waals surface area contributed by atoms with Crippen molar-refractivity contribution in [1.29, 1.82) is 0 Å². The summed E-state index contributed by atoms with van der Waals surface area (Å²) in [5, 5.41) is 2.69. The van der Waals surface area contributed by atoms with E-state index in [1.54, 1.807) is 20.8 Å². The average Bonchev–Trinajstić information content (AvgIpc) is 2.53. The first-order chi connectivity index (χ1) is 6.88. The Bertz CT molecular complexity index is 249. The summed E-state index contributed by atoms with van der Waals surface area (Å²) in [6.07, 6.45) is 4.18. The number of ether oxygens (including phenoxy) is 1. The molecule has 0 spiro atoms. The fourth-order valence-corrected chi connectivity index (χ4v) is 1.64. The zero-order chi connectivity index (χ0) is 11.5. The molecule has 0 aromatic rings. The summed E-state index contributed by atoms with van der Waals surface area (Å²) in [5.41, 5.74) is -0.607. The predicted molar refractivity (Wildman–Crippen MR) is 56.2 cm³/mol. The highest BCUT2D eigenvalue weighted by Crippen LogP contribution is 2.17. The minimum Gasteiger partial charge on any atom is -0.453 e. The van der Waals surface area contributed by atoms with Crippen molar-refractivity contribution in [2.24, 2.45) is 0 Å². The Balaban J connectivity index is 2.36. The van der Waals surface area contributed by atoms with Crippen molar-refractivity contribution >= 4 is 11.9 Å². The van der Waals surface area contributed by atoms with Crippen LogP contribution in [0.3, 0.4) is 0 Å². The first-order valence-corrected chi connectivity index (χ1v) is 5.42. The van der Waals surface area contributed by atoms with Gasteiger partial charge in [-0.15, -0.1) is 0 Å². The summed E-state index contributed by atoms with van der Waals surface area (Å²) in [4.78, 5) is 22.7. The zero-order valence-corrected chi connectivity index (χ0v) is 9.63. The van der Waals surface area contributed by atoms with Gasteiger partial charge in [-0.05, 0) is 33.6 Å². The third-order valence-corrected chi connectivity index (χ3v) is 2.27. The molecular weight excluding hydrogens is 194 g/mol. The van der Waals surface area contributed by atoms with Gasteiger partial charge in [-0.25, -0.2) is 4.79 Å². The van der Waals surface area contributed by atoms with Crippen LogP contribution in [0.25, 0.3) is 0 Å². The number of nitrogens with one attached hydrogen (secondary N) is 1. The Hall–Kier alpha value is -1.06. The molecule has 1 rings (SSSR count). The largest absolute Gasteiger partial charge is 0.453 e. The lowest BCUT2D eigenvalue weighted by Gasteiger charge is -2.19. The van der Waals surface area contributed by atoms with Crippen molar-refractivity contribution in [2.45, 2.75) is 58.1 Å². The monoisotopic (exact) mass is 213 g/mol. The van der Waals surface area contributed by atoms with E-state index in [9.17, 15) is 9.59 Å². The molecule has 86 valence electrons. The Morgan fingerprint density at radius 1 is 1.20 bits per heavy atom. The third kappa shape index (κ3) is 4.32. The van der Waals surface area contributed by atoms with Gasteiger partial charge < -0.3 is 10.1 Å². The number of amides is 1. The van der Waals surface area contributed by atoms with Crippen LogP contribution in [0, 0.1) is 0 Å². The first kappa shape index (κ1) is 12.0. The molecule has 15 heavy (non-hydrogen) atoms. The molecule has 1 aliphatic rings. The van der Waals surface area contributed by atoms with Crippen LogP contribution in [-0.2, 0) is 14.3 Å². The Morgan fingerprint density at radius 2 is 1.73 bits per heavy atom. The summed E-state index contributed by atoms with van der Waals surface area (Å²) in [5.74, 6) is -1.40. The molecule has 4 nitrogen and oxygen atoms in total. The highest BCUT2D eigenvalue weighted by molar-refractivity contribution is 6.32. The van der Waals surface area contributed by atoms with Crippen LogP contribution in [-0.4, -0.2) is 23.5 Å². The van der Waals surface area contributed by atoms with E-state index in [2.05, 4.69) is 5.32 Å². The second kappa shape index (κ2) is 4.64. The fraction of sp³-hybridized carbons (Fsp3) is 0.818. The average molecular weight is 213 g/mol. The van der Waals surface area contributed by atoms with E-state index in [0.29, 0.717) is 0 Å². The molecule has 0 heterocycles. The second-order valence-corrected chi connectivity index (χ2v) is 4.96. The van der Waals surface area contributed by atoms with Crippen LogP contribution in [0.5, 0.6) is 0 Å². The van der Waals surface area contributed by atoms with Crippen molar-refractivity contribution in [3.63, 3.8) is 0 Å². The first-order valence-electron chi connectivity index (χ1n) is 5.42. The number of hydrogen-bond donors (Lipinski definition) is 1. The van der Waals surface area contributed by atoms with Crippen molar-refractivity contribution in [2.75, 3.05) is 0 Å². The molecule has 0 radical (unpaired) electrons. The number of carbonyl (C=O) groups is 2. The Labute approximate surface area is 90.4 Å². The molecule has 0 aliphatic heterocycles. The molecule has 0 aromatic carbocycles. The zero-order valence-electron chi connectivity index (χ0n) is 9.63. The summed E-state index contributed by atoms with van der Waals surface area (Å²) in [6.45, 7) is 5.23. The Kier molecular flexibility index (Phi) is 3.72. The van der Waals surface area contributed by atoms with Crippen molar-refractivity contribution in [3.05, 3.63) is 0 Å². The topological polar surface area (TPSA) is 55.4 Å². The molecule has 4 heteroatoms. The van der Waals surface area contributed by atoms with Gasteiger partial charge in [0.25, 0.3) is 0 Å². The maximum Gasteiger partial charge on any atom is 0.397 e. The minimum atomic E-state index is -0.783. The van der Waals surface area contributed by atoms with Crippen molar-refractivity contribution in [1.82, 2.24) is 5.32 Å². The molecule has 1 fully saturated rings. The molecule has 0 atom stereocenters. The second-order valence-electron chi connectivity index (χ2n) is 4.96. The highest BCUT2D eigenvalue weighted by Gasteiger charge is 2.25. The predicted octanol–water partition coefficient (Wildman–Crippen LogP) is 1.39.